The normalized spacial score (nSPS) is 21.1. The van der Waals surface area contributed by atoms with Crippen LogP contribution in [-0.2, 0) is 4.74 Å². The van der Waals surface area contributed by atoms with Gasteiger partial charge in [0.25, 0.3) is 0 Å². The SMILES string of the molecule is Clc1ccc(NC2CCOC2)cc1Br. The molecule has 0 radical (unpaired) electrons. The number of benzene rings is 1. The fraction of sp³-hybridized carbons (Fsp3) is 0.400. The van der Waals surface area contributed by atoms with Crippen molar-refractivity contribution in [2.75, 3.05) is 18.5 Å². The maximum atomic E-state index is 5.90. The minimum atomic E-state index is 0.433. The lowest BCUT2D eigenvalue weighted by molar-refractivity contribution is 0.195. The van der Waals surface area contributed by atoms with E-state index in [0.717, 1.165) is 34.8 Å². The van der Waals surface area contributed by atoms with Crippen LogP contribution in [0.1, 0.15) is 6.42 Å². The predicted molar refractivity (Wildman–Crippen MR) is 62.0 cm³/mol. The molecule has 14 heavy (non-hydrogen) atoms. The summed E-state index contributed by atoms with van der Waals surface area (Å²) >= 11 is 9.29. The number of halogens is 2. The second-order valence-electron chi connectivity index (χ2n) is 3.33. The summed E-state index contributed by atoms with van der Waals surface area (Å²) in [5.41, 5.74) is 1.08. The zero-order valence-corrected chi connectivity index (χ0v) is 9.94. The van der Waals surface area contributed by atoms with Gasteiger partial charge in [-0.2, -0.15) is 0 Å². The van der Waals surface area contributed by atoms with E-state index in [2.05, 4.69) is 21.2 Å². The summed E-state index contributed by atoms with van der Waals surface area (Å²) in [6, 6.07) is 6.28. The first-order valence-corrected chi connectivity index (χ1v) is 5.72. The van der Waals surface area contributed by atoms with Gasteiger partial charge in [-0.1, -0.05) is 11.6 Å². The van der Waals surface area contributed by atoms with Gasteiger partial charge in [0.15, 0.2) is 0 Å². The molecule has 1 aliphatic heterocycles. The lowest BCUT2D eigenvalue weighted by Crippen LogP contribution is -2.18. The van der Waals surface area contributed by atoms with E-state index < -0.39 is 0 Å². The minimum absolute atomic E-state index is 0.433. The molecule has 1 aliphatic rings. The van der Waals surface area contributed by atoms with Gasteiger partial charge < -0.3 is 10.1 Å². The van der Waals surface area contributed by atoms with Gasteiger partial charge in [0.05, 0.1) is 17.7 Å². The van der Waals surface area contributed by atoms with Crippen molar-refractivity contribution in [2.24, 2.45) is 0 Å². The number of nitrogens with one attached hydrogen (secondary N) is 1. The standard InChI is InChI=1S/C10H11BrClNO/c11-9-5-7(1-2-10(9)12)13-8-3-4-14-6-8/h1-2,5,8,13H,3-4,6H2. The molecule has 1 aromatic rings. The molecule has 2 rings (SSSR count). The molecule has 0 spiro atoms. The Bertz CT molecular complexity index is 326. The summed E-state index contributed by atoms with van der Waals surface area (Å²) in [7, 11) is 0. The highest BCUT2D eigenvalue weighted by Crippen LogP contribution is 2.26. The highest BCUT2D eigenvalue weighted by atomic mass is 79.9. The van der Waals surface area contributed by atoms with Crippen molar-refractivity contribution in [1.82, 2.24) is 0 Å². The third-order valence-corrected chi connectivity index (χ3v) is 3.43. The Morgan fingerprint density at radius 2 is 2.36 bits per heavy atom. The van der Waals surface area contributed by atoms with Crippen LogP contribution in [0.3, 0.4) is 0 Å². The summed E-state index contributed by atoms with van der Waals surface area (Å²) in [5.74, 6) is 0. The second kappa shape index (κ2) is 4.51. The monoisotopic (exact) mass is 275 g/mol. The summed E-state index contributed by atoms with van der Waals surface area (Å²) in [4.78, 5) is 0. The lowest BCUT2D eigenvalue weighted by Gasteiger charge is -2.12. The largest absolute Gasteiger partial charge is 0.380 e. The molecular weight excluding hydrogens is 265 g/mol. The molecule has 1 fully saturated rings. The van der Waals surface area contributed by atoms with E-state index in [0.29, 0.717) is 6.04 Å². The maximum Gasteiger partial charge on any atom is 0.0668 e. The van der Waals surface area contributed by atoms with Crippen LogP contribution in [0.25, 0.3) is 0 Å². The fourth-order valence-corrected chi connectivity index (χ4v) is 1.97. The van der Waals surface area contributed by atoms with Crippen LogP contribution in [-0.4, -0.2) is 19.3 Å². The van der Waals surface area contributed by atoms with E-state index in [1.807, 2.05) is 18.2 Å². The summed E-state index contributed by atoms with van der Waals surface area (Å²) < 4.78 is 6.20. The molecule has 0 aliphatic carbocycles. The van der Waals surface area contributed by atoms with Gasteiger partial charge in [0.1, 0.15) is 0 Å². The minimum Gasteiger partial charge on any atom is -0.380 e. The first-order valence-electron chi connectivity index (χ1n) is 4.55. The molecule has 76 valence electrons. The van der Waals surface area contributed by atoms with Crippen LogP contribution in [0, 0.1) is 0 Å². The van der Waals surface area contributed by atoms with Crippen LogP contribution >= 0.6 is 27.5 Å². The molecule has 0 saturated carbocycles. The Hall–Kier alpha value is -0.250. The van der Waals surface area contributed by atoms with Gasteiger partial charge in [-0.05, 0) is 40.5 Å². The number of anilines is 1. The van der Waals surface area contributed by atoms with E-state index >= 15 is 0 Å². The molecule has 1 aromatic carbocycles. The topological polar surface area (TPSA) is 21.3 Å². The Labute approximate surface area is 96.7 Å². The molecule has 2 nitrogen and oxygen atoms in total. The van der Waals surface area contributed by atoms with Crippen LogP contribution < -0.4 is 5.32 Å². The van der Waals surface area contributed by atoms with Crippen molar-refractivity contribution in [3.05, 3.63) is 27.7 Å². The smallest absolute Gasteiger partial charge is 0.0668 e. The Morgan fingerprint density at radius 1 is 1.50 bits per heavy atom. The van der Waals surface area contributed by atoms with Crippen molar-refractivity contribution in [3.63, 3.8) is 0 Å². The zero-order chi connectivity index (χ0) is 9.97. The zero-order valence-electron chi connectivity index (χ0n) is 7.59. The lowest BCUT2D eigenvalue weighted by atomic mass is 10.2. The number of hydrogen-bond donors (Lipinski definition) is 1. The average molecular weight is 277 g/mol. The van der Waals surface area contributed by atoms with Gasteiger partial charge in [0.2, 0.25) is 0 Å². The third-order valence-electron chi connectivity index (χ3n) is 2.22. The molecule has 1 heterocycles. The van der Waals surface area contributed by atoms with Crippen molar-refractivity contribution < 1.29 is 4.74 Å². The summed E-state index contributed by atoms with van der Waals surface area (Å²) in [6.07, 6.45) is 1.07. The van der Waals surface area contributed by atoms with E-state index in [9.17, 15) is 0 Å². The number of ether oxygens (including phenoxy) is 1. The molecule has 1 unspecified atom stereocenters. The highest BCUT2D eigenvalue weighted by molar-refractivity contribution is 9.10. The molecule has 1 atom stereocenters. The van der Waals surface area contributed by atoms with E-state index in [-0.39, 0.29) is 0 Å². The molecule has 4 heteroatoms. The van der Waals surface area contributed by atoms with E-state index in [4.69, 9.17) is 16.3 Å². The predicted octanol–water partition coefficient (Wildman–Crippen LogP) is 3.30. The van der Waals surface area contributed by atoms with Gasteiger partial charge in [-0.15, -0.1) is 0 Å². The third kappa shape index (κ3) is 2.41. The summed E-state index contributed by atoms with van der Waals surface area (Å²) in [6.45, 7) is 1.65. The molecule has 1 N–H and O–H groups in total. The number of rotatable bonds is 2. The van der Waals surface area contributed by atoms with Gasteiger partial charge >= 0.3 is 0 Å². The fourth-order valence-electron chi connectivity index (χ4n) is 1.47. The van der Waals surface area contributed by atoms with Gasteiger partial charge in [0, 0.05) is 16.8 Å². The van der Waals surface area contributed by atoms with Crippen LogP contribution in [0.15, 0.2) is 22.7 Å². The first kappa shape index (κ1) is 10.3. The van der Waals surface area contributed by atoms with Crippen molar-refractivity contribution in [3.8, 4) is 0 Å². The van der Waals surface area contributed by atoms with Gasteiger partial charge in [-0.3, -0.25) is 0 Å². The average Bonchev–Trinajstić information content (AvgIpc) is 2.64. The van der Waals surface area contributed by atoms with Crippen molar-refractivity contribution >= 4 is 33.2 Å². The van der Waals surface area contributed by atoms with Crippen LogP contribution in [0.4, 0.5) is 5.69 Å². The maximum absolute atomic E-state index is 5.90. The number of hydrogen-bond acceptors (Lipinski definition) is 2. The second-order valence-corrected chi connectivity index (χ2v) is 4.60. The molecule has 0 amide bonds. The van der Waals surface area contributed by atoms with E-state index in [1.54, 1.807) is 0 Å². The van der Waals surface area contributed by atoms with Crippen molar-refractivity contribution in [2.45, 2.75) is 12.5 Å². The van der Waals surface area contributed by atoms with Crippen LogP contribution in [0.5, 0.6) is 0 Å². The molecule has 0 aromatic heterocycles. The van der Waals surface area contributed by atoms with E-state index in [1.165, 1.54) is 0 Å². The summed E-state index contributed by atoms with van der Waals surface area (Å²) in [5, 5.41) is 4.13. The van der Waals surface area contributed by atoms with Gasteiger partial charge in [-0.25, -0.2) is 0 Å². The Kier molecular flexibility index (Phi) is 3.31. The Morgan fingerprint density at radius 3 is 3.00 bits per heavy atom. The quantitative estimate of drug-likeness (QED) is 0.895. The first-order chi connectivity index (χ1) is 6.75. The van der Waals surface area contributed by atoms with Crippen molar-refractivity contribution in [1.29, 1.82) is 0 Å². The van der Waals surface area contributed by atoms with Crippen LogP contribution in [0.2, 0.25) is 5.02 Å². The highest BCUT2D eigenvalue weighted by Gasteiger charge is 2.15. The Balaban J connectivity index is 2.05. The molecule has 1 saturated heterocycles. The molecular formula is C10H11BrClNO. The molecule has 0 bridgehead atoms.